The molecule has 1 aliphatic carbocycles. The van der Waals surface area contributed by atoms with Gasteiger partial charge < -0.3 is 9.64 Å². The molecular weight excluding hydrogens is 456 g/mol. The van der Waals surface area contributed by atoms with Crippen molar-refractivity contribution in [3.05, 3.63) is 53.1 Å². The normalized spacial score (nSPS) is 24.5. The molecule has 3 aliphatic rings. The fourth-order valence-electron chi connectivity index (χ4n) is 5.28. The smallest absolute Gasteiger partial charge is 0.316 e. The topological polar surface area (TPSA) is 84.0 Å². The molecule has 0 N–H and O–H groups in total. The predicted octanol–water partition coefficient (Wildman–Crippen LogP) is 4.29. The van der Waals surface area contributed by atoms with Gasteiger partial charge in [-0.2, -0.15) is 0 Å². The van der Waals surface area contributed by atoms with Gasteiger partial charge in [0.05, 0.1) is 23.4 Å². The number of nitrogens with zero attached hydrogens (tertiary/aromatic N) is 2. The van der Waals surface area contributed by atoms with E-state index in [4.69, 9.17) is 16.3 Å². The second kappa shape index (κ2) is 8.87. The van der Waals surface area contributed by atoms with Crippen molar-refractivity contribution in [1.29, 1.82) is 0 Å². The van der Waals surface area contributed by atoms with E-state index >= 15 is 0 Å². The van der Waals surface area contributed by atoms with Gasteiger partial charge >= 0.3 is 5.97 Å². The number of imide groups is 1. The number of hydrogen-bond donors (Lipinski definition) is 0. The molecule has 2 saturated heterocycles. The molecule has 0 bridgehead atoms. The average Bonchev–Trinajstić information content (AvgIpc) is 3.33. The average molecular weight is 481 g/mol. The molecule has 2 aromatic rings. The number of ether oxygens (including phenoxy) is 1. The van der Waals surface area contributed by atoms with E-state index in [-0.39, 0.29) is 42.5 Å². The minimum atomic E-state index is -0.590. The molecule has 8 heteroatoms. The van der Waals surface area contributed by atoms with Crippen LogP contribution in [0, 0.1) is 24.7 Å². The molecule has 3 amide bonds. The summed E-state index contributed by atoms with van der Waals surface area (Å²) >= 11 is 5.92. The van der Waals surface area contributed by atoms with E-state index in [2.05, 4.69) is 0 Å². The highest BCUT2D eigenvalue weighted by Gasteiger charge is 2.49. The van der Waals surface area contributed by atoms with Crippen LogP contribution in [-0.4, -0.2) is 30.2 Å². The van der Waals surface area contributed by atoms with E-state index in [0.717, 1.165) is 25.7 Å². The van der Waals surface area contributed by atoms with Gasteiger partial charge in [0.15, 0.2) is 0 Å². The Bertz CT molecular complexity index is 1150. The van der Waals surface area contributed by atoms with Gasteiger partial charge in [-0.15, -0.1) is 0 Å². The summed E-state index contributed by atoms with van der Waals surface area (Å²) in [5.41, 5.74) is 1.90. The van der Waals surface area contributed by atoms with Crippen LogP contribution in [-0.2, 0) is 19.2 Å². The van der Waals surface area contributed by atoms with Gasteiger partial charge in [-0.25, -0.2) is 4.90 Å². The molecule has 0 radical (unpaired) electrons. The van der Waals surface area contributed by atoms with E-state index in [1.807, 2.05) is 0 Å². The molecule has 7 nitrogen and oxygen atoms in total. The van der Waals surface area contributed by atoms with Crippen LogP contribution in [0.1, 0.15) is 37.7 Å². The number of carbonyl (C=O) groups excluding carboxylic acids is 4. The number of aryl methyl sites for hydroxylation is 1. The maximum Gasteiger partial charge on any atom is 0.316 e. The van der Waals surface area contributed by atoms with Crippen molar-refractivity contribution < 1.29 is 23.9 Å². The Balaban J connectivity index is 1.28. The van der Waals surface area contributed by atoms with Crippen LogP contribution in [0.3, 0.4) is 0 Å². The summed E-state index contributed by atoms with van der Waals surface area (Å²) in [5, 5.41) is 0.571. The van der Waals surface area contributed by atoms with Gasteiger partial charge in [0.25, 0.3) is 0 Å². The second-order valence-electron chi connectivity index (χ2n) is 9.26. The number of benzene rings is 2. The van der Waals surface area contributed by atoms with Crippen molar-refractivity contribution in [1.82, 2.24) is 0 Å². The maximum absolute atomic E-state index is 12.9. The Morgan fingerprint density at radius 3 is 2.24 bits per heavy atom. The lowest BCUT2D eigenvalue weighted by atomic mass is 9.81. The summed E-state index contributed by atoms with van der Waals surface area (Å²) in [5.74, 6) is -1.61. The zero-order valence-corrected chi connectivity index (χ0v) is 19.6. The number of rotatable bonds is 4. The van der Waals surface area contributed by atoms with E-state index in [9.17, 15) is 19.2 Å². The quantitative estimate of drug-likeness (QED) is 0.370. The van der Waals surface area contributed by atoms with Gasteiger partial charge in [0, 0.05) is 23.7 Å². The third kappa shape index (κ3) is 3.98. The second-order valence-corrected chi connectivity index (χ2v) is 9.70. The van der Waals surface area contributed by atoms with Gasteiger partial charge in [-0.3, -0.25) is 19.2 Å². The monoisotopic (exact) mass is 480 g/mol. The van der Waals surface area contributed by atoms with Crippen molar-refractivity contribution in [2.24, 2.45) is 17.8 Å². The molecule has 1 saturated carbocycles. The fraction of sp³-hybridized carbons (Fsp3) is 0.385. The van der Waals surface area contributed by atoms with Gasteiger partial charge in [-0.1, -0.05) is 24.4 Å². The zero-order chi connectivity index (χ0) is 24.0. The first-order valence-corrected chi connectivity index (χ1v) is 12.0. The number of halogens is 1. The van der Waals surface area contributed by atoms with Gasteiger partial charge in [-0.05, 0) is 67.8 Å². The summed E-state index contributed by atoms with van der Waals surface area (Å²) in [7, 11) is 0. The Morgan fingerprint density at radius 1 is 0.971 bits per heavy atom. The van der Waals surface area contributed by atoms with Crippen LogP contribution < -0.4 is 14.5 Å². The fourth-order valence-corrected chi connectivity index (χ4v) is 5.40. The predicted molar refractivity (Wildman–Crippen MR) is 127 cm³/mol. The summed E-state index contributed by atoms with van der Waals surface area (Å²) < 4.78 is 5.57. The lowest BCUT2D eigenvalue weighted by molar-refractivity contribution is -0.139. The van der Waals surface area contributed by atoms with Crippen molar-refractivity contribution >= 4 is 46.7 Å². The van der Waals surface area contributed by atoms with E-state index in [1.54, 1.807) is 54.3 Å². The highest BCUT2D eigenvalue weighted by Crippen LogP contribution is 2.41. The molecule has 0 unspecified atom stereocenters. The standard InChI is InChI=1S/C26H25ClN2O5/c1-15-12-19(10-11-22(15)29-24(31)20-4-2-3-5-21(20)25(29)32)34-26(33)16-13-23(30)28(14-16)18-8-6-17(27)7-9-18/h6-12,16,20-21H,2-5,13-14H2,1H3/t16-,20+,21+/m1/s1. The lowest BCUT2D eigenvalue weighted by Gasteiger charge is -2.19. The highest BCUT2D eigenvalue weighted by molar-refractivity contribution is 6.30. The SMILES string of the molecule is Cc1cc(OC(=O)[C@@H]2CC(=O)N(c3ccc(Cl)cc3)C2)ccc1N1C(=O)[C@H]2CCCC[C@@H]2C1=O. The molecule has 2 heterocycles. The van der Waals surface area contributed by atoms with Crippen molar-refractivity contribution in [3.63, 3.8) is 0 Å². The number of fused-ring (bicyclic) bond motifs is 1. The first kappa shape index (κ1) is 22.6. The number of esters is 1. The van der Waals surface area contributed by atoms with Gasteiger partial charge in [0.1, 0.15) is 5.75 Å². The number of carbonyl (C=O) groups is 4. The molecule has 0 aromatic heterocycles. The first-order chi connectivity index (χ1) is 16.3. The summed E-state index contributed by atoms with van der Waals surface area (Å²) in [6.45, 7) is 2.02. The minimum Gasteiger partial charge on any atom is -0.426 e. The van der Waals surface area contributed by atoms with Crippen molar-refractivity contribution in [2.75, 3.05) is 16.3 Å². The van der Waals surface area contributed by atoms with E-state index in [1.165, 1.54) is 4.90 Å². The van der Waals surface area contributed by atoms with E-state index < -0.39 is 11.9 Å². The zero-order valence-electron chi connectivity index (χ0n) is 18.8. The van der Waals surface area contributed by atoms with Crippen LogP contribution >= 0.6 is 11.6 Å². The molecule has 3 atom stereocenters. The maximum atomic E-state index is 12.9. The van der Waals surface area contributed by atoms with Crippen LogP contribution in [0.4, 0.5) is 11.4 Å². The van der Waals surface area contributed by atoms with Crippen molar-refractivity contribution in [3.8, 4) is 5.75 Å². The lowest BCUT2D eigenvalue weighted by Crippen LogP contribution is -2.31. The Labute approximate surface area is 202 Å². The molecule has 176 valence electrons. The summed E-state index contributed by atoms with van der Waals surface area (Å²) in [6, 6.07) is 11.8. The molecule has 2 aliphatic heterocycles. The Morgan fingerprint density at radius 2 is 1.62 bits per heavy atom. The Hall–Kier alpha value is -3.19. The molecule has 5 rings (SSSR count). The number of anilines is 2. The van der Waals surface area contributed by atoms with Crippen molar-refractivity contribution in [2.45, 2.75) is 39.0 Å². The molecule has 2 aromatic carbocycles. The van der Waals surface area contributed by atoms with Crippen LogP contribution in [0.25, 0.3) is 0 Å². The van der Waals surface area contributed by atoms with E-state index in [0.29, 0.717) is 27.7 Å². The molecule has 3 fully saturated rings. The minimum absolute atomic E-state index is 0.0675. The highest BCUT2D eigenvalue weighted by atomic mass is 35.5. The molecule has 0 spiro atoms. The summed E-state index contributed by atoms with van der Waals surface area (Å²) in [6.07, 6.45) is 3.53. The number of hydrogen-bond acceptors (Lipinski definition) is 5. The molecular formula is C26H25ClN2O5. The first-order valence-electron chi connectivity index (χ1n) is 11.6. The third-order valence-electron chi connectivity index (χ3n) is 7.07. The van der Waals surface area contributed by atoms with Crippen LogP contribution in [0.15, 0.2) is 42.5 Å². The third-order valence-corrected chi connectivity index (χ3v) is 7.32. The number of amides is 3. The van der Waals surface area contributed by atoms with Crippen LogP contribution in [0.2, 0.25) is 5.02 Å². The molecule has 34 heavy (non-hydrogen) atoms. The Kier molecular flexibility index (Phi) is 5.90. The summed E-state index contributed by atoms with van der Waals surface area (Å²) in [4.78, 5) is 53.9. The van der Waals surface area contributed by atoms with Crippen LogP contribution in [0.5, 0.6) is 5.75 Å². The van der Waals surface area contributed by atoms with Gasteiger partial charge in [0.2, 0.25) is 17.7 Å². The largest absolute Gasteiger partial charge is 0.426 e.